The third-order valence-corrected chi connectivity index (χ3v) is 4.62. The lowest BCUT2D eigenvalue weighted by Crippen LogP contribution is -2.50. The van der Waals surface area contributed by atoms with Gasteiger partial charge in [-0.05, 0) is 23.6 Å². The minimum absolute atomic E-state index is 0.0795. The van der Waals surface area contributed by atoms with Gasteiger partial charge in [0, 0.05) is 26.2 Å². The summed E-state index contributed by atoms with van der Waals surface area (Å²) >= 11 is 1.36. The standard InChI is InChI=1S/C16H14F2N2O2S/c17-11-3-1-4-12(18)14(11)16(22)20-8-6-19(7-9-20)15(21)13-5-2-10-23-13/h1-5,10H,6-9H2. The summed E-state index contributed by atoms with van der Waals surface area (Å²) in [5.74, 6) is -2.49. The topological polar surface area (TPSA) is 40.6 Å². The Morgan fingerprint density at radius 2 is 1.43 bits per heavy atom. The number of amides is 2. The summed E-state index contributed by atoms with van der Waals surface area (Å²) in [5.41, 5.74) is -0.537. The molecule has 2 heterocycles. The molecule has 1 aliphatic heterocycles. The van der Waals surface area contributed by atoms with Crippen molar-refractivity contribution in [2.75, 3.05) is 26.2 Å². The summed E-state index contributed by atoms with van der Waals surface area (Å²) in [7, 11) is 0. The fourth-order valence-electron chi connectivity index (χ4n) is 2.53. The van der Waals surface area contributed by atoms with E-state index in [1.165, 1.54) is 22.3 Å². The SMILES string of the molecule is O=C(c1cccs1)N1CCN(C(=O)c2c(F)cccc2F)CC1. The van der Waals surface area contributed by atoms with Crippen LogP contribution in [0.2, 0.25) is 0 Å². The molecule has 7 heteroatoms. The Morgan fingerprint density at radius 3 is 1.96 bits per heavy atom. The second-order valence-corrected chi connectivity index (χ2v) is 6.11. The Balaban J connectivity index is 1.67. The van der Waals surface area contributed by atoms with Crippen LogP contribution in [0.4, 0.5) is 8.78 Å². The largest absolute Gasteiger partial charge is 0.335 e. The van der Waals surface area contributed by atoms with Gasteiger partial charge in [-0.15, -0.1) is 11.3 Å². The molecule has 23 heavy (non-hydrogen) atoms. The normalized spacial score (nSPS) is 14.9. The maximum absolute atomic E-state index is 13.7. The van der Waals surface area contributed by atoms with E-state index in [1.807, 2.05) is 5.38 Å². The van der Waals surface area contributed by atoms with Crippen molar-refractivity contribution in [3.63, 3.8) is 0 Å². The fraction of sp³-hybridized carbons (Fsp3) is 0.250. The Kier molecular flexibility index (Phi) is 4.38. The molecule has 1 fully saturated rings. The van der Waals surface area contributed by atoms with Crippen LogP contribution < -0.4 is 0 Å². The molecule has 2 aromatic rings. The van der Waals surface area contributed by atoms with Gasteiger partial charge in [-0.2, -0.15) is 0 Å². The zero-order valence-electron chi connectivity index (χ0n) is 12.2. The lowest BCUT2D eigenvalue weighted by Gasteiger charge is -2.34. The number of halogens is 2. The first-order valence-electron chi connectivity index (χ1n) is 7.14. The van der Waals surface area contributed by atoms with E-state index >= 15 is 0 Å². The van der Waals surface area contributed by atoms with Crippen LogP contribution in [0, 0.1) is 11.6 Å². The number of benzene rings is 1. The van der Waals surface area contributed by atoms with Crippen LogP contribution in [0.1, 0.15) is 20.0 Å². The van der Waals surface area contributed by atoms with Crippen molar-refractivity contribution >= 4 is 23.2 Å². The third kappa shape index (κ3) is 3.10. The predicted octanol–water partition coefficient (Wildman–Crippen LogP) is 2.62. The summed E-state index contributed by atoms with van der Waals surface area (Å²) in [6.07, 6.45) is 0. The summed E-state index contributed by atoms with van der Waals surface area (Å²) in [6, 6.07) is 6.90. The van der Waals surface area contributed by atoms with Crippen LogP contribution in [-0.4, -0.2) is 47.8 Å². The van der Waals surface area contributed by atoms with Crippen LogP contribution in [-0.2, 0) is 0 Å². The summed E-state index contributed by atoms with van der Waals surface area (Å²) in [5, 5.41) is 1.83. The molecule has 1 aliphatic rings. The van der Waals surface area contributed by atoms with Gasteiger partial charge in [-0.1, -0.05) is 12.1 Å². The average Bonchev–Trinajstić information content (AvgIpc) is 3.08. The van der Waals surface area contributed by atoms with E-state index in [1.54, 1.807) is 17.0 Å². The number of hydrogen-bond donors (Lipinski definition) is 0. The first kappa shape index (κ1) is 15.6. The molecular weight excluding hydrogens is 322 g/mol. The van der Waals surface area contributed by atoms with Crippen molar-refractivity contribution in [1.82, 2.24) is 9.80 Å². The van der Waals surface area contributed by atoms with Gasteiger partial charge in [0.25, 0.3) is 11.8 Å². The number of piperazine rings is 1. The number of carbonyl (C=O) groups is 2. The molecule has 1 aromatic carbocycles. The Hall–Kier alpha value is -2.28. The second-order valence-electron chi connectivity index (χ2n) is 5.16. The maximum Gasteiger partial charge on any atom is 0.264 e. The van der Waals surface area contributed by atoms with Gasteiger partial charge in [0.1, 0.15) is 17.2 Å². The number of carbonyl (C=O) groups excluding carboxylic acids is 2. The first-order chi connectivity index (χ1) is 11.1. The number of nitrogens with zero attached hydrogens (tertiary/aromatic N) is 2. The van der Waals surface area contributed by atoms with Gasteiger partial charge in [0.05, 0.1) is 4.88 Å². The Morgan fingerprint density at radius 1 is 0.870 bits per heavy atom. The molecule has 0 unspecified atom stereocenters. The van der Waals surface area contributed by atoms with E-state index < -0.39 is 23.1 Å². The quantitative estimate of drug-likeness (QED) is 0.846. The minimum atomic E-state index is -0.868. The van der Waals surface area contributed by atoms with Crippen molar-refractivity contribution in [2.45, 2.75) is 0 Å². The molecule has 0 bridgehead atoms. The highest BCUT2D eigenvalue weighted by Gasteiger charge is 2.28. The summed E-state index contributed by atoms with van der Waals surface area (Å²) in [4.78, 5) is 28.2. The molecule has 4 nitrogen and oxygen atoms in total. The van der Waals surface area contributed by atoms with Gasteiger partial charge in [-0.25, -0.2) is 8.78 Å². The van der Waals surface area contributed by atoms with Gasteiger partial charge in [-0.3, -0.25) is 9.59 Å². The monoisotopic (exact) mass is 336 g/mol. The van der Waals surface area contributed by atoms with Gasteiger partial charge < -0.3 is 9.80 Å². The average molecular weight is 336 g/mol. The molecule has 1 aromatic heterocycles. The zero-order valence-corrected chi connectivity index (χ0v) is 13.0. The first-order valence-corrected chi connectivity index (χ1v) is 8.02. The van der Waals surface area contributed by atoms with Gasteiger partial charge in [0.15, 0.2) is 0 Å². The lowest BCUT2D eigenvalue weighted by atomic mass is 10.1. The van der Waals surface area contributed by atoms with E-state index in [4.69, 9.17) is 0 Å². The third-order valence-electron chi connectivity index (χ3n) is 3.76. The van der Waals surface area contributed by atoms with E-state index in [2.05, 4.69) is 0 Å². The Bertz CT molecular complexity index is 705. The van der Waals surface area contributed by atoms with E-state index in [9.17, 15) is 18.4 Å². The van der Waals surface area contributed by atoms with E-state index in [-0.39, 0.29) is 19.0 Å². The molecule has 0 atom stereocenters. The zero-order chi connectivity index (χ0) is 16.4. The number of hydrogen-bond acceptors (Lipinski definition) is 3. The highest BCUT2D eigenvalue weighted by Crippen LogP contribution is 2.18. The molecule has 0 spiro atoms. The van der Waals surface area contributed by atoms with Crippen LogP contribution >= 0.6 is 11.3 Å². The number of rotatable bonds is 2. The van der Waals surface area contributed by atoms with Crippen molar-refractivity contribution in [2.24, 2.45) is 0 Å². The highest BCUT2D eigenvalue weighted by molar-refractivity contribution is 7.12. The van der Waals surface area contributed by atoms with E-state index in [0.717, 1.165) is 12.1 Å². The predicted molar refractivity (Wildman–Crippen MR) is 82.5 cm³/mol. The number of thiophene rings is 1. The molecule has 3 rings (SSSR count). The highest BCUT2D eigenvalue weighted by atomic mass is 32.1. The smallest absolute Gasteiger partial charge is 0.264 e. The lowest BCUT2D eigenvalue weighted by molar-refractivity contribution is 0.0532. The van der Waals surface area contributed by atoms with Gasteiger partial charge in [0.2, 0.25) is 0 Å². The Labute approximate surface area is 135 Å². The van der Waals surface area contributed by atoms with Crippen LogP contribution in [0.25, 0.3) is 0 Å². The molecule has 120 valence electrons. The molecule has 0 saturated carbocycles. The van der Waals surface area contributed by atoms with E-state index in [0.29, 0.717) is 18.0 Å². The molecular formula is C16H14F2N2O2S. The molecule has 0 radical (unpaired) electrons. The van der Waals surface area contributed by atoms with Crippen molar-refractivity contribution in [3.8, 4) is 0 Å². The van der Waals surface area contributed by atoms with Gasteiger partial charge >= 0.3 is 0 Å². The minimum Gasteiger partial charge on any atom is -0.335 e. The van der Waals surface area contributed by atoms with Crippen LogP contribution in [0.15, 0.2) is 35.7 Å². The van der Waals surface area contributed by atoms with Crippen molar-refractivity contribution in [1.29, 1.82) is 0 Å². The molecule has 1 saturated heterocycles. The molecule has 0 aliphatic carbocycles. The summed E-state index contributed by atoms with van der Waals surface area (Å²) < 4.78 is 27.4. The maximum atomic E-state index is 13.7. The summed E-state index contributed by atoms with van der Waals surface area (Å²) in [6.45, 7) is 1.20. The van der Waals surface area contributed by atoms with Crippen molar-refractivity contribution < 1.29 is 18.4 Å². The second kappa shape index (κ2) is 6.45. The van der Waals surface area contributed by atoms with Crippen LogP contribution in [0.3, 0.4) is 0 Å². The van der Waals surface area contributed by atoms with Crippen LogP contribution in [0.5, 0.6) is 0 Å². The molecule has 2 amide bonds. The van der Waals surface area contributed by atoms with Crippen molar-refractivity contribution in [3.05, 3.63) is 57.8 Å². The fourth-order valence-corrected chi connectivity index (χ4v) is 3.22. The molecule has 0 N–H and O–H groups in total.